The Hall–Kier alpha value is -16.7. The van der Waals surface area contributed by atoms with E-state index in [1.54, 1.807) is 243 Å². The smallest absolute Gasteiger partial charge is 0.343 e. The van der Waals surface area contributed by atoms with E-state index in [0.29, 0.717) is 89.0 Å². The van der Waals surface area contributed by atoms with E-state index in [1.165, 1.54) is 0 Å². The average Bonchev–Trinajstić information content (AvgIpc) is 0.768. The molecule has 0 N–H and O–H groups in total. The molecule has 0 unspecified atom stereocenters. The lowest BCUT2D eigenvalue weighted by Gasteiger charge is -2.21. The Morgan fingerprint density at radius 2 is 0.203 bits per heavy atom. The minimum Gasteiger partial charge on any atom is -0.422 e. The summed E-state index contributed by atoms with van der Waals surface area (Å²) in [7, 11) is 0. The van der Waals surface area contributed by atoms with Crippen molar-refractivity contribution in [2.45, 2.75) is 51.4 Å². The maximum absolute atomic E-state index is 14.9. The highest BCUT2D eigenvalue weighted by Crippen LogP contribution is 2.44. The van der Waals surface area contributed by atoms with Crippen molar-refractivity contribution < 1.29 is 76.3 Å². The van der Waals surface area contributed by atoms with Crippen LogP contribution < -0.4 is 37.9 Å². The van der Waals surface area contributed by atoms with Crippen molar-refractivity contribution >= 4 is 47.8 Å². The number of hydrogen-bond acceptors (Lipinski definition) is 16. The van der Waals surface area contributed by atoms with Gasteiger partial charge in [-0.3, -0.25) is 0 Å². The number of para-hydroxylation sites is 8. The number of ether oxygens (including phenoxy) is 8. The van der Waals surface area contributed by atoms with Gasteiger partial charge in [0.15, 0.2) is 0 Å². The van der Waals surface area contributed by atoms with Gasteiger partial charge in [0.1, 0.15) is 46.0 Å². The van der Waals surface area contributed by atoms with Gasteiger partial charge in [0.05, 0.1) is 44.5 Å². The third-order valence-corrected chi connectivity index (χ3v) is 22.1. The first-order chi connectivity index (χ1) is 62.7. The van der Waals surface area contributed by atoms with Crippen LogP contribution in [0.4, 0.5) is 0 Å². The number of esters is 8. The predicted molar refractivity (Wildman–Crippen MR) is 485 cm³/mol. The molecule has 0 fully saturated rings. The van der Waals surface area contributed by atoms with Gasteiger partial charge < -0.3 is 37.9 Å². The predicted octanol–water partition coefficient (Wildman–Crippen LogP) is 22.5. The number of fused-ring (bicyclic) bond motifs is 16. The molecule has 0 atom stereocenters. The Morgan fingerprint density at radius 1 is 0.117 bits per heavy atom. The standard InChI is InChI=1S/C112H80O16/c113-105(73-33-9-1-10-34-73)121-97-81-49-25-50-82(97)66-84-52-27-54-86(99(84)123-107(115)75-37-13-3-14-38-75)68-88-56-29-58-90(101(88)125-109(117)77-41-17-5-18-42-77)70-92-60-31-62-94(103(92)127-111(119)79-45-21-7-22-46-79)72-96-64-32-63-95(104(96)128-112(120)80-47-23-8-24-48-80)71-93-61-30-59-91(102(93)126-110(118)78-43-19-6-20-44-78)69-89-57-28-55-87(100(89)124-108(116)76-39-15-4-16-40-76)67-85-53-26-51-83(65-81)98(85)122-106(114)74-35-11-2-12-36-74/h1-64H,65-72H2. The summed E-state index contributed by atoms with van der Waals surface area (Å²) >= 11 is 0. The van der Waals surface area contributed by atoms with Crippen LogP contribution in [0.5, 0.6) is 46.0 Å². The first-order valence-electron chi connectivity index (χ1n) is 41.8. The highest BCUT2D eigenvalue weighted by molar-refractivity contribution is 5.96. The summed E-state index contributed by atoms with van der Waals surface area (Å²) in [6.07, 6.45) is -0.171. The molecule has 0 saturated carbocycles. The Morgan fingerprint density at radius 3 is 0.289 bits per heavy atom. The van der Waals surface area contributed by atoms with E-state index in [4.69, 9.17) is 37.9 Å². The molecule has 0 aromatic heterocycles. The summed E-state index contributed by atoms with van der Waals surface area (Å²) in [5.74, 6) is -4.20. The van der Waals surface area contributed by atoms with E-state index in [9.17, 15) is 38.4 Å². The molecule has 1 aliphatic rings. The number of carbonyl (C=O) groups excluding carboxylic acids is 8. The third-order valence-electron chi connectivity index (χ3n) is 22.1. The molecule has 16 aromatic rings. The first-order valence-corrected chi connectivity index (χ1v) is 41.8. The van der Waals surface area contributed by atoms with Crippen molar-refractivity contribution in [2.24, 2.45) is 0 Å². The molecule has 0 radical (unpaired) electrons. The lowest BCUT2D eigenvalue weighted by atomic mass is 9.91. The summed E-state index contributed by atoms with van der Waals surface area (Å²) < 4.78 is 53.6. The monoisotopic (exact) mass is 1680 g/mol. The topological polar surface area (TPSA) is 210 Å². The van der Waals surface area contributed by atoms with Crippen molar-refractivity contribution in [2.75, 3.05) is 0 Å². The maximum Gasteiger partial charge on any atom is 0.343 e. The molecule has 0 saturated heterocycles. The highest BCUT2D eigenvalue weighted by Gasteiger charge is 2.31. The Balaban J connectivity index is 0.895. The van der Waals surface area contributed by atoms with Gasteiger partial charge in [0.25, 0.3) is 0 Å². The molecule has 0 amide bonds. The quantitative estimate of drug-likeness (QED) is 0.0650. The minimum atomic E-state index is -0.682. The Kier molecular flexibility index (Phi) is 25.6. The summed E-state index contributed by atoms with van der Waals surface area (Å²) in [6, 6.07) is 112. The molecule has 0 spiro atoms. The van der Waals surface area contributed by atoms with Crippen molar-refractivity contribution in [3.63, 3.8) is 0 Å². The van der Waals surface area contributed by atoms with Crippen LogP contribution in [-0.2, 0) is 51.4 Å². The molecule has 0 heterocycles. The first kappa shape index (κ1) is 83.5. The molecule has 624 valence electrons. The van der Waals surface area contributed by atoms with Gasteiger partial charge in [-0.25, -0.2) is 38.4 Å². The van der Waals surface area contributed by atoms with Gasteiger partial charge in [0, 0.05) is 51.4 Å². The maximum atomic E-state index is 14.9. The fourth-order valence-corrected chi connectivity index (χ4v) is 15.8. The van der Waals surface area contributed by atoms with E-state index in [2.05, 4.69) is 0 Å². The number of hydrogen-bond donors (Lipinski definition) is 0. The molecule has 16 nitrogen and oxygen atoms in total. The molecule has 17 rings (SSSR count). The van der Waals surface area contributed by atoms with Crippen molar-refractivity contribution in [1.82, 2.24) is 0 Å². The SMILES string of the molecule is O=C(Oc1c2cccc1Cc1cccc(c1OC(=O)c1ccccc1)Cc1cccc(c1OC(=O)c1ccccc1)Cc1cccc(c1OC(=O)c1ccccc1)Cc1cccc(c1OC(=O)c1ccccc1)Cc1cccc(c1OC(=O)c1ccccc1)Cc1cccc(c1OC(=O)c1ccccc1)Cc1cccc(c1OC(=O)c1ccccc1)C2)c1ccccc1. The third kappa shape index (κ3) is 19.7. The molecule has 16 aromatic carbocycles. The van der Waals surface area contributed by atoms with Gasteiger partial charge in [-0.1, -0.05) is 291 Å². The van der Waals surface area contributed by atoms with Crippen LogP contribution in [-0.4, -0.2) is 47.8 Å². The lowest BCUT2D eigenvalue weighted by molar-refractivity contribution is 0.0719. The Bertz CT molecular complexity index is 5430. The van der Waals surface area contributed by atoms with Crippen LogP contribution in [0.1, 0.15) is 172 Å². The van der Waals surface area contributed by atoms with Gasteiger partial charge in [-0.15, -0.1) is 0 Å². The zero-order valence-corrected chi connectivity index (χ0v) is 69.1. The van der Waals surface area contributed by atoms with Crippen molar-refractivity contribution in [3.8, 4) is 46.0 Å². The van der Waals surface area contributed by atoms with E-state index >= 15 is 0 Å². The Labute approximate surface area is 738 Å². The number of benzene rings is 16. The normalized spacial score (nSPS) is 11.8. The number of carbonyl (C=O) groups is 8. The van der Waals surface area contributed by atoms with E-state index in [-0.39, 0.29) is 142 Å². The second kappa shape index (κ2) is 39.2. The zero-order valence-electron chi connectivity index (χ0n) is 69.1. The summed E-state index contributed by atoms with van der Waals surface area (Å²) in [5, 5.41) is 0. The van der Waals surface area contributed by atoms with Crippen LogP contribution in [0.2, 0.25) is 0 Å². The zero-order chi connectivity index (χ0) is 87.7. The van der Waals surface area contributed by atoms with Gasteiger partial charge >= 0.3 is 47.8 Å². The number of rotatable bonds is 16. The molecule has 16 bridgehead atoms. The van der Waals surface area contributed by atoms with Crippen LogP contribution in [0.25, 0.3) is 0 Å². The van der Waals surface area contributed by atoms with Crippen molar-refractivity contribution in [3.05, 3.63) is 522 Å². The molecular formula is C112H80O16. The van der Waals surface area contributed by atoms with Crippen LogP contribution in [0, 0.1) is 0 Å². The fourth-order valence-electron chi connectivity index (χ4n) is 15.8. The minimum absolute atomic E-state index is 0.0214. The van der Waals surface area contributed by atoms with Crippen LogP contribution in [0.3, 0.4) is 0 Å². The molecule has 128 heavy (non-hydrogen) atoms. The van der Waals surface area contributed by atoms with E-state index < -0.39 is 47.8 Å². The fraction of sp³-hybridized carbons (Fsp3) is 0.0714. The van der Waals surface area contributed by atoms with Gasteiger partial charge in [0.2, 0.25) is 0 Å². The molecule has 1 aliphatic carbocycles. The average molecular weight is 1680 g/mol. The molecular weight excluding hydrogens is 1600 g/mol. The highest BCUT2D eigenvalue weighted by atomic mass is 16.6. The largest absolute Gasteiger partial charge is 0.422 e. The lowest BCUT2D eigenvalue weighted by Crippen LogP contribution is -2.15. The van der Waals surface area contributed by atoms with Crippen LogP contribution in [0.15, 0.2) is 388 Å². The van der Waals surface area contributed by atoms with Crippen molar-refractivity contribution in [1.29, 1.82) is 0 Å². The second-order valence-corrected chi connectivity index (χ2v) is 30.7. The molecule has 0 aliphatic heterocycles. The van der Waals surface area contributed by atoms with E-state index in [1.807, 2.05) is 146 Å². The molecule has 16 heteroatoms. The van der Waals surface area contributed by atoms with E-state index in [0.717, 1.165) is 0 Å². The van der Waals surface area contributed by atoms with Crippen LogP contribution >= 0.6 is 0 Å². The second-order valence-electron chi connectivity index (χ2n) is 30.7. The summed E-state index contributed by atoms with van der Waals surface area (Å²) in [6.45, 7) is 0. The summed E-state index contributed by atoms with van der Waals surface area (Å²) in [4.78, 5) is 119. The van der Waals surface area contributed by atoms with Gasteiger partial charge in [-0.2, -0.15) is 0 Å². The van der Waals surface area contributed by atoms with Gasteiger partial charge in [-0.05, 0) is 186 Å². The summed E-state index contributed by atoms with van der Waals surface area (Å²) in [5.41, 5.74) is 9.76.